The molecule has 0 saturated carbocycles. The van der Waals surface area contributed by atoms with Crippen LogP contribution in [0.2, 0.25) is 0 Å². The molecule has 0 spiro atoms. The number of amides is 2. The molecule has 8 heteroatoms. The molecule has 5 N–H and O–H groups in total. The highest BCUT2D eigenvalue weighted by molar-refractivity contribution is 7.96. The highest BCUT2D eigenvalue weighted by Crippen LogP contribution is 2.14. The van der Waals surface area contributed by atoms with E-state index in [-0.39, 0.29) is 11.5 Å². The van der Waals surface area contributed by atoms with Crippen molar-refractivity contribution in [2.45, 2.75) is 13.8 Å². The first-order valence-corrected chi connectivity index (χ1v) is 8.48. The van der Waals surface area contributed by atoms with Crippen LogP contribution in [0.3, 0.4) is 0 Å². The molecule has 6 nitrogen and oxygen atoms in total. The van der Waals surface area contributed by atoms with Crippen molar-refractivity contribution < 1.29 is 19.5 Å². The molecule has 2 rings (SSSR count). The molecule has 0 aromatic heterocycles. The van der Waals surface area contributed by atoms with Crippen molar-refractivity contribution in [3.8, 4) is 0 Å². The number of hydrogen-bond donors (Lipinski definition) is 5. The van der Waals surface area contributed by atoms with Crippen LogP contribution < -0.4 is 11.5 Å². The van der Waals surface area contributed by atoms with Crippen LogP contribution in [0.5, 0.6) is 0 Å². The molecular formula is C19H22N2O4S2. The Hall–Kier alpha value is -2.71. The Morgan fingerprint density at radius 1 is 0.852 bits per heavy atom. The Kier molecular flexibility index (Phi) is 11.3. The summed E-state index contributed by atoms with van der Waals surface area (Å²) in [6.45, 7) is 3.91. The van der Waals surface area contributed by atoms with Gasteiger partial charge in [0.15, 0.2) is 5.78 Å². The lowest BCUT2D eigenvalue weighted by atomic mass is 10.1. The van der Waals surface area contributed by atoms with Gasteiger partial charge in [-0.15, -0.1) is 0 Å². The molecule has 27 heavy (non-hydrogen) atoms. The number of aliphatic hydroxyl groups is 1. The lowest BCUT2D eigenvalue weighted by molar-refractivity contribution is 0.104. The summed E-state index contributed by atoms with van der Waals surface area (Å²) in [5.74, 6) is -0.201. The Morgan fingerprint density at radius 3 is 1.78 bits per heavy atom. The fourth-order valence-corrected chi connectivity index (χ4v) is 1.81. The fraction of sp³-hybridized carbons (Fsp3) is 0.105. The minimum Gasteiger partial charge on any atom is -0.507 e. The number of ketones is 1. The zero-order chi connectivity index (χ0) is 21.0. The number of carbonyl (C=O) groups is 3. The number of nitrogens with two attached hydrogens (primary N) is 2. The van der Waals surface area contributed by atoms with Gasteiger partial charge in [-0.3, -0.25) is 14.4 Å². The van der Waals surface area contributed by atoms with Gasteiger partial charge in [0, 0.05) is 17.2 Å². The average molecular weight is 407 g/mol. The number of hydrogen-bond acceptors (Lipinski definition) is 4. The van der Waals surface area contributed by atoms with Gasteiger partial charge < -0.3 is 16.6 Å². The van der Waals surface area contributed by atoms with Crippen LogP contribution in [-0.4, -0.2) is 21.4 Å². The summed E-state index contributed by atoms with van der Waals surface area (Å²) in [5, 5.41) is 8.69. The molecule has 2 aromatic carbocycles. The summed E-state index contributed by atoms with van der Waals surface area (Å²) in [4.78, 5) is 30.2. The number of rotatable bonds is 3. The summed E-state index contributed by atoms with van der Waals surface area (Å²) in [6, 6.07) is 14.7. The highest BCUT2D eigenvalue weighted by Gasteiger charge is 2.06. The van der Waals surface area contributed by atoms with Crippen LogP contribution in [0.25, 0.3) is 5.76 Å². The van der Waals surface area contributed by atoms with Gasteiger partial charge in [-0.2, -0.15) is 0 Å². The van der Waals surface area contributed by atoms with Crippen LogP contribution in [0, 0.1) is 13.8 Å². The quantitative estimate of drug-likeness (QED) is 0.228. The van der Waals surface area contributed by atoms with Crippen LogP contribution in [0.1, 0.15) is 27.0 Å². The molecular weight excluding hydrogens is 384 g/mol. The maximum absolute atomic E-state index is 12.0. The molecule has 0 bridgehead atoms. The Labute approximate surface area is 169 Å². The predicted octanol–water partition coefficient (Wildman–Crippen LogP) is 4.08. The number of benzene rings is 2. The summed E-state index contributed by atoms with van der Waals surface area (Å²) >= 11 is 6.21. The largest absolute Gasteiger partial charge is 0.507 e. The molecule has 144 valence electrons. The van der Waals surface area contributed by atoms with E-state index in [0.29, 0.717) is 11.1 Å². The SMILES string of the molecule is Cc1ccc(C(=O)C=C(O)c2cccc(C)c2)cc1.NC(=O)S.NC(=O)S. The van der Waals surface area contributed by atoms with Crippen molar-refractivity contribution in [3.05, 3.63) is 76.9 Å². The zero-order valence-corrected chi connectivity index (χ0v) is 16.7. The standard InChI is InChI=1S/C17H16O2.2CH3NOS/c1-12-6-8-14(9-7-12)16(18)11-17(19)15-5-3-4-13(2)10-15;2*2-1(3)4/h3-11,19H,1-2H3;2*(H3,2,3,4). The first-order chi connectivity index (χ1) is 12.5. The summed E-state index contributed by atoms with van der Waals surface area (Å²) in [5.41, 5.74) is 12.0. The first-order valence-electron chi connectivity index (χ1n) is 7.58. The van der Waals surface area contributed by atoms with Gasteiger partial charge in [0.25, 0.3) is 10.5 Å². The third kappa shape index (κ3) is 12.3. The number of primary amides is 2. The van der Waals surface area contributed by atoms with Gasteiger partial charge in [0.2, 0.25) is 0 Å². The second kappa shape index (κ2) is 12.6. The fourth-order valence-electron chi connectivity index (χ4n) is 1.81. The van der Waals surface area contributed by atoms with Gasteiger partial charge in [0.1, 0.15) is 5.76 Å². The van der Waals surface area contributed by atoms with E-state index in [0.717, 1.165) is 11.1 Å². The Balaban J connectivity index is 0.000000718. The lowest BCUT2D eigenvalue weighted by Crippen LogP contribution is -1.96. The maximum Gasteiger partial charge on any atom is 0.273 e. The van der Waals surface area contributed by atoms with Crippen molar-refractivity contribution in [1.29, 1.82) is 0 Å². The average Bonchev–Trinajstić information content (AvgIpc) is 2.54. The first kappa shape index (κ1) is 24.3. The van der Waals surface area contributed by atoms with Crippen molar-refractivity contribution in [1.82, 2.24) is 0 Å². The number of allylic oxidation sites excluding steroid dienone is 1. The van der Waals surface area contributed by atoms with Crippen molar-refractivity contribution in [2.24, 2.45) is 11.5 Å². The predicted molar refractivity (Wildman–Crippen MR) is 114 cm³/mol. The van der Waals surface area contributed by atoms with Crippen LogP contribution in [0.15, 0.2) is 54.6 Å². The van der Waals surface area contributed by atoms with E-state index in [1.54, 1.807) is 18.2 Å². The number of thiol groups is 2. The molecule has 0 saturated heterocycles. The molecule has 0 fully saturated rings. The topological polar surface area (TPSA) is 123 Å². The van der Waals surface area contributed by atoms with E-state index in [9.17, 15) is 9.90 Å². The Bertz CT molecular complexity index is 799. The van der Waals surface area contributed by atoms with Crippen molar-refractivity contribution in [2.75, 3.05) is 0 Å². The number of aliphatic hydroxyl groups excluding tert-OH is 1. The molecule has 0 atom stereocenters. The molecule has 0 aliphatic carbocycles. The van der Waals surface area contributed by atoms with E-state index in [4.69, 9.17) is 9.59 Å². The molecule has 0 heterocycles. The molecule has 0 radical (unpaired) electrons. The van der Waals surface area contributed by atoms with Gasteiger partial charge >= 0.3 is 0 Å². The number of carbonyl (C=O) groups excluding carboxylic acids is 3. The zero-order valence-electron chi connectivity index (χ0n) is 14.9. The third-order valence-electron chi connectivity index (χ3n) is 2.92. The van der Waals surface area contributed by atoms with Gasteiger partial charge in [-0.05, 0) is 19.9 Å². The molecule has 2 aromatic rings. The molecule has 0 aliphatic heterocycles. The summed E-state index contributed by atoms with van der Waals surface area (Å²) in [6.07, 6.45) is 1.26. The van der Waals surface area contributed by atoms with Crippen molar-refractivity contribution >= 4 is 47.3 Å². The monoisotopic (exact) mass is 406 g/mol. The minimum atomic E-state index is -0.639. The van der Waals surface area contributed by atoms with Crippen molar-refractivity contribution in [3.63, 3.8) is 0 Å². The molecule has 0 aliphatic rings. The smallest absolute Gasteiger partial charge is 0.273 e. The van der Waals surface area contributed by atoms with Crippen LogP contribution in [-0.2, 0) is 0 Å². The normalized spacial score (nSPS) is 9.85. The van der Waals surface area contributed by atoms with Crippen LogP contribution >= 0.6 is 25.3 Å². The number of aryl methyl sites for hydroxylation is 2. The van der Waals surface area contributed by atoms with Crippen LogP contribution in [0.4, 0.5) is 9.59 Å². The van der Waals surface area contributed by atoms with E-state index in [1.807, 2.05) is 44.2 Å². The third-order valence-corrected chi connectivity index (χ3v) is 2.92. The van der Waals surface area contributed by atoms with E-state index >= 15 is 0 Å². The molecule has 2 amide bonds. The summed E-state index contributed by atoms with van der Waals surface area (Å²) < 4.78 is 0. The lowest BCUT2D eigenvalue weighted by Gasteiger charge is -2.02. The van der Waals surface area contributed by atoms with Gasteiger partial charge in [0.05, 0.1) is 0 Å². The van der Waals surface area contributed by atoms with Gasteiger partial charge in [-0.1, -0.05) is 78.8 Å². The highest BCUT2D eigenvalue weighted by atomic mass is 32.1. The maximum atomic E-state index is 12.0. The second-order valence-corrected chi connectivity index (χ2v) is 6.19. The van der Waals surface area contributed by atoms with E-state index in [2.05, 4.69) is 36.7 Å². The second-order valence-electron chi connectivity index (χ2n) is 5.31. The Morgan fingerprint density at radius 2 is 1.33 bits per heavy atom. The molecule has 0 unspecified atom stereocenters. The van der Waals surface area contributed by atoms with E-state index < -0.39 is 10.5 Å². The minimum absolute atomic E-state index is 0.00530. The van der Waals surface area contributed by atoms with Gasteiger partial charge in [-0.25, -0.2) is 0 Å². The summed E-state index contributed by atoms with van der Waals surface area (Å²) in [7, 11) is 0. The van der Waals surface area contributed by atoms with E-state index in [1.165, 1.54) is 6.08 Å².